The minimum absolute atomic E-state index is 0.00535. The number of hydrogen-bond acceptors (Lipinski definition) is 5. The first kappa shape index (κ1) is 22.6. The Morgan fingerprint density at radius 1 is 1.16 bits per heavy atom. The van der Waals surface area contributed by atoms with Gasteiger partial charge in [-0.1, -0.05) is 69.6 Å². The van der Waals surface area contributed by atoms with Crippen molar-refractivity contribution in [3.63, 3.8) is 0 Å². The molecule has 1 aromatic heterocycles. The van der Waals surface area contributed by atoms with Gasteiger partial charge in [-0.05, 0) is 48.4 Å². The van der Waals surface area contributed by atoms with Crippen molar-refractivity contribution in [3.05, 3.63) is 94.1 Å². The second-order valence-corrected chi connectivity index (χ2v) is 9.48. The minimum Gasteiger partial charge on any atom is -0.455 e. The molecule has 1 aliphatic rings. The van der Waals surface area contributed by atoms with Gasteiger partial charge in [0.1, 0.15) is 11.5 Å². The van der Waals surface area contributed by atoms with Crippen LogP contribution in [-0.2, 0) is 11.2 Å². The molecule has 0 radical (unpaired) electrons. The highest BCUT2D eigenvalue weighted by Crippen LogP contribution is 2.31. The Hall–Kier alpha value is -2.61. The highest BCUT2D eigenvalue weighted by atomic mass is 79.9. The van der Waals surface area contributed by atoms with Crippen LogP contribution in [0.15, 0.2) is 92.4 Å². The third-order valence-corrected chi connectivity index (χ3v) is 6.78. The van der Waals surface area contributed by atoms with Gasteiger partial charge in [0.05, 0.1) is 16.5 Å². The van der Waals surface area contributed by atoms with Crippen molar-refractivity contribution < 1.29 is 9.21 Å². The van der Waals surface area contributed by atoms with Gasteiger partial charge in [-0.2, -0.15) is 5.10 Å². The molecule has 1 amide bonds. The maximum absolute atomic E-state index is 12.9. The third-order valence-electron chi connectivity index (χ3n) is 4.76. The summed E-state index contributed by atoms with van der Waals surface area (Å²) in [6.45, 7) is 4.13. The van der Waals surface area contributed by atoms with Crippen molar-refractivity contribution in [2.45, 2.75) is 11.7 Å². The topological polar surface area (TPSA) is 58.2 Å². The Morgan fingerprint density at radius 3 is 2.69 bits per heavy atom. The summed E-state index contributed by atoms with van der Waals surface area (Å²) in [5, 5.41) is 9.35. The van der Waals surface area contributed by atoms with E-state index in [0.29, 0.717) is 34.7 Å². The van der Waals surface area contributed by atoms with Crippen LogP contribution in [0.3, 0.4) is 0 Å². The highest BCUT2D eigenvalue weighted by Gasteiger charge is 2.37. The number of halogens is 2. The second kappa shape index (κ2) is 10.3. The van der Waals surface area contributed by atoms with Crippen molar-refractivity contribution in [3.8, 4) is 11.3 Å². The first-order valence-corrected chi connectivity index (χ1v) is 11.9. The van der Waals surface area contributed by atoms with Crippen LogP contribution in [0, 0.1) is 0 Å². The van der Waals surface area contributed by atoms with Crippen LogP contribution < -0.4 is 0 Å². The maximum atomic E-state index is 12.9. The third kappa shape index (κ3) is 5.23. The number of furan rings is 1. The molecule has 1 unspecified atom stereocenters. The molecular formula is C24H19BrClN3O2S. The van der Waals surface area contributed by atoms with Crippen LogP contribution in [0.25, 0.3) is 11.3 Å². The molecule has 5 nitrogen and oxygen atoms in total. The number of nitrogens with zero attached hydrogens (tertiary/aromatic N) is 3. The van der Waals surface area contributed by atoms with Crippen molar-refractivity contribution in [2.75, 3.05) is 6.54 Å². The normalized spacial score (nSPS) is 17.6. The van der Waals surface area contributed by atoms with Crippen molar-refractivity contribution >= 4 is 56.6 Å². The van der Waals surface area contributed by atoms with Gasteiger partial charge in [-0.25, -0.2) is 0 Å². The Morgan fingerprint density at radius 2 is 1.94 bits per heavy atom. The summed E-state index contributed by atoms with van der Waals surface area (Å²) >= 11 is 11.1. The molecule has 1 saturated heterocycles. The lowest BCUT2D eigenvalue weighted by Crippen LogP contribution is -2.32. The first-order valence-electron chi connectivity index (χ1n) is 9.84. The molecule has 32 heavy (non-hydrogen) atoms. The fourth-order valence-electron chi connectivity index (χ4n) is 3.21. The molecule has 0 spiro atoms. The van der Waals surface area contributed by atoms with E-state index in [9.17, 15) is 4.79 Å². The molecule has 8 heteroatoms. The number of amides is 1. The monoisotopic (exact) mass is 527 g/mol. The quantitative estimate of drug-likeness (QED) is 0.202. The van der Waals surface area contributed by atoms with Gasteiger partial charge in [-0.3, -0.25) is 9.69 Å². The smallest absolute Gasteiger partial charge is 0.242 e. The first-order chi connectivity index (χ1) is 15.5. The predicted octanol–water partition coefficient (Wildman–Crippen LogP) is 6.43. The minimum atomic E-state index is -0.250. The van der Waals surface area contributed by atoms with E-state index in [1.54, 1.807) is 17.0 Å². The lowest BCUT2D eigenvalue weighted by Gasteiger charge is -2.12. The molecule has 0 N–H and O–H groups in total. The van der Waals surface area contributed by atoms with Crippen molar-refractivity contribution in [1.82, 2.24) is 4.90 Å². The van der Waals surface area contributed by atoms with Crippen molar-refractivity contribution in [1.29, 1.82) is 0 Å². The van der Waals surface area contributed by atoms with E-state index in [2.05, 4.69) is 32.7 Å². The van der Waals surface area contributed by atoms with Crippen LogP contribution in [0.5, 0.6) is 0 Å². The summed E-state index contributed by atoms with van der Waals surface area (Å²) in [6, 6.07) is 19.1. The van der Waals surface area contributed by atoms with Crippen LogP contribution in [0.4, 0.5) is 0 Å². The van der Waals surface area contributed by atoms with Crippen LogP contribution in [0.1, 0.15) is 11.3 Å². The average Bonchev–Trinajstić information content (AvgIpc) is 3.36. The molecule has 3 aromatic rings. The van der Waals surface area contributed by atoms with Gasteiger partial charge in [-0.15, -0.1) is 11.7 Å². The highest BCUT2D eigenvalue weighted by molar-refractivity contribution is 9.10. The van der Waals surface area contributed by atoms with Gasteiger partial charge in [0.2, 0.25) is 5.91 Å². The number of hydrogen-bond donors (Lipinski definition) is 0. The molecule has 2 aromatic carbocycles. The SMILES string of the molecule is C=CCN1C(=O)C(Cc2ccc(Br)cc2)SC1=NN=Cc1ccc(-c2ccccc2Cl)o1. The fraction of sp³-hybridized carbons (Fsp3) is 0.125. The molecular weight excluding hydrogens is 510 g/mol. The second-order valence-electron chi connectivity index (χ2n) is 6.98. The Bertz CT molecular complexity index is 1190. The molecule has 0 aliphatic carbocycles. The maximum Gasteiger partial charge on any atom is 0.242 e. The Kier molecular flexibility index (Phi) is 7.29. The molecule has 162 valence electrons. The van der Waals surface area contributed by atoms with Gasteiger partial charge in [0.25, 0.3) is 0 Å². The van der Waals surface area contributed by atoms with Crippen LogP contribution in [-0.4, -0.2) is 34.0 Å². The molecule has 0 saturated carbocycles. The van der Waals surface area contributed by atoms with E-state index >= 15 is 0 Å². The van der Waals surface area contributed by atoms with Crippen LogP contribution >= 0.6 is 39.3 Å². The molecule has 1 atom stereocenters. The number of carbonyl (C=O) groups is 1. The van der Waals surface area contributed by atoms with Gasteiger partial charge in [0, 0.05) is 16.6 Å². The standard InChI is InChI=1S/C24H19BrClN3O2S/c1-2-13-29-23(30)22(14-16-7-9-17(25)10-8-16)32-24(29)28-27-15-18-11-12-21(31-18)19-5-3-4-6-20(19)26/h2-12,15,22H,1,13-14H2. The Balaban J connectivity index is 1.49. The summed E-state index contributed by atoms with van der Waals surface area (Å²) in [7, 11) is 0. The molecule has 4 rings (SSSR count). The van der Waals surface area contributed by atoms with Gasteiger partial charge in [0.15, 0.2) is 5.17 Å². The summed E-state index contributed by atoms with van der Waals surface area (Å²) < 4.78 is 6.82. The fourth-order valence-corrected chi connectivity index (χ4v) is 4.85. The van der Waals surface area contributed by atoms with Gasteiger partial charge >= 0.3 is 0 Å². The van der Waals surface area contributed by atoms with E-state index in [1.807, 2.05) is 54.6 Å². The lowest BCUT2D eigenvalue weighted by atomic mass is 10.1. The summed E-state index contributed by atoms with van der Waals surface area (Å²) in [4.78, 5) is 14.5. The average molecular weight is 529 g/mol. The molecule has 1 fully saturated rings. The summed E-state index contributed by atoms with van der Waals surface area (Å²) in [5.41, 5.74) is 1.90. The Labute approximate surface area is 204 Å². The van der Waals surface area contributed by atoms with E-state index in [1.165, 1.54) is 18.0 Å². The number of benzene rings is 2. The zero-order valence-electron chi connectivity index (χ0n) is 16.9. The van der Waals surface area contributed by atoms with E-state index in [-0.39, 0.29) is 11.2 Å². The largest absolute Gasteiger partial charge is 0.455 e. The van der Waals surface area contributed by atoms with E-state index in [0.717, 1.165) is 15.6 Å². The van der Waals surface area contributed by atoms with E-state index in [4.69, 9.17) is 16.0 Å². The number of rotatable bonds is 7. The molecule has 0 bridgehead atoms. The zero-order valence-corrected chi connectivity index (χ0v) is 20.1. The number of carbonyl (C=O) groups excluding carboxylic acids is 1. The van der Waals surface area contributed by atoms with E-state index < -0.39 is 0 Å². The summed E-state index contributed by atoms with van der Waals surface area (Å²) in [6.07, 6.45) is 3.82. The number of thioether (sulfide) groups is 1. The van der Waals surface area contributed by atoms with Crippen LogP contribution in [0.2, 0.25) is 5.02 Å². The zero-order chi connectivity index (χ0) is 22.5. The summed E-state index contributed by atoms with van der Waals surface area (Å²) in [5.74, 6) is 1.20. The number of amidine groups is 1. The van der Waals surface area contributed by atoms with Crippen molar-refractivity contribution in [2.24, 2.45) is 10.2 Å². The molecule has 1 aliphatic heterocycles. The van der Waals surface area contributed by atoms with Gasteiger partial charge < -0.3 is 4.42 Å². The molecule has 2 heterocycles. The lowest BCUT2D eigenvalue weighted by molar-refractivity contribution is -0.125. The predicted molar refractivity (Wildman–Crippen MR) is 135 cm³/mol.